The predicted molar refractivity (Wildman–Crippen MR) is 100 cm³/mol. The van der Waals surface area contributed by atoms with Crippen LogP contribution in [0, 0.1) is 0 Å². The highest BCUT2D eigenvalue weighted by Crippen LogP contribution is 2.25. The van der Waals surface area contributed by atoms with E-state index in [0.29, 0.717) is 26.1 Å². The number of para-hydroxylation sites is 1. The summed E-state index contributed by atoms with van der Waals surface area (Å²) in [5.41, 5.74) is 5.95. The average Bonchev–Trinajstić information content (AvgIpc) is 3.03. The molecule has 9 heteroatoms. The quantitative estimate of drug-likeness (QED) is 0.489. The maximum atomic E-state index is 12.5. The smallest absolute Gasteiger partial charge is 0.312 e. The number of urea groups is 1. The summed E-state index contributed by atoms with van der Waals surface area (Å²) < 4.78 is 5.40. The summed E-state index contributed by atoms with van der Waals surface area (Å²) >= 11 is 0. The van der Waals surface area contributed by atoms with Crippen molar-refractivity contribution >= 4 is 17.8 Å². The maximum Gasteiger partial charge on any atom is 0.312 e. The number of hydrogen-bond donors (Lipinski definition) is 4. The molecule has 0 radical (unpaired) electrons. The molecule has 2 rings (SSSR count). The fourth-order valence-electron chi connectivity index (χ4n) is 3.25. The zero-order valence-electron chi connectivity index (χ0n) is 15.7. The van der Waals surface area contributed by atoms with Gasteiger partial charge in [0, 0.05) is 31.2 Å². The van der Waals surface area contributed by atoms with Crippen molar-refractivity contribution < 1.29 is 19.1 Å². The Morgan fingerprint density at radius 3 is 2.67 bits per heavy atom. The number of hydrogen-bond acceptors (Lipinski definition) is 5. The Labute approximate surface area is 158 Å². The van der Waals surface area contributed by atoms with E-state index in [9.17, 15) is 14.4 Å². The first-order chi connectivity index (χ1) is 12.9. The summed E-state index contributed by atoms with van der Waals surface area (Å²) in [6, 6.07) is 6.33. The Hall–Kier alpha value is -2.81. The molecule has 1 heterocycles. The van der Waals surface area contributed by atoms with Crippen molar-refractivity contribution in [1.29, 1.82) is 0 Å². The molecule has 1 aliphatic heterocycles. The number of amides is 4. The lowest BCUT2D eigenvalue weighted by atomic mass is 10.1. The third kappa shape index (κ3) is 5.85. The Bertz CT molecular complexity index is 681. The Morgan fingerprint density at radius 2 is 2.00 bits per heavy atom. The second kappa shape index (κ2) is 9.77. The highest BCUT2D eigenvalue weighted by Gasteiger charge is 2.37. The number of rotatable bonds is 8. The molecule has 0 bridgehead atoms. The van der Waals surface area contributed by atoms with Crippen LogP contribution in [0.5, 0.6) is 5.75 Å². The molecule has 9 nitrogen and oxygen atoms in total. The monoisotopic (exact) mass is 377 g/mol. The summed E-state index contributed by atoms with van der Waals surface area (Å²) in [6.07, 6.45) is 0.489. The summed E-state index contributed by atoms with van der Waals surface area (Å²) in [6.45, 7) is 3.26. The summed E-state index contributed by atoms with van der Waals surface area (Å²) in [7, 11) is 1.61. The van der Waals surface area contributed by atoms with Crippen LogP contribution in [0.3, 0.4) is 0 Å². The van der Waals surface area contributed by atoms with Crippen LogP contribution in [0.4, 0.5) is 4.79 Å². The van der Waals surface area contributed by atoms with Gasteiger partial charge in [-0.15, -0.1) is 0 Å². The fourth-order valence-corrected chi connectivity index (χ4v) is 3.25. The van der Waals surface area contributed by atoms with Crippen LogP contribution in [-0.4, -0.2) is 61.6 Å². The van der Waals surface area contributed by atoms with E-state index >= 15 is 0 Å². The molecule has 1 fully saturated rings. The Morgan fingerprint density at radius 1 is 1.26 bits per heavy atom. The van der Waals surface area contributed by atoms with Gasteiger partial charge in [0.2, 0.25) is 11.8 Å². The predicted octanol–water partition coefficient (Wildman–Crippen LogP) is -0.441. The number of carbonyl (C=O) groups excluding carboxylic acids is 3. The number of methoxy groups -OCH3 is 1. The normalized spacial score (nSPS) is 19.3. The molecule has 0 saturated carbocycles. The highest BCUT2D eigenvalue weighted by atomic mass is 16.5. The zero-order valence-corrected chi connectivity index (χ0v) is 15.7. The summed E-state index contributed by atoms with van der Waals surface area (Å²) in [5.74, 6) is 0.345. The van der Waals surface area contributed by atoms with E-state index in [1.54, 1.807) is 7.11 Å². The van der Waals surface area contributed by atoms with Gasteiger partial charge in [-0.25, -0.2) is 4.79 Å². The molecule has 1 aromatic rings. The van der Waals surface area contributed by atoms with Gasteiger partial charge in [-0.2, -0.15) is 0 Å². The fraction of sp³-hybridized carbons (Fsp3) is 0.500. The minimum atomic E-state index is -0.755. The standard InChI is InChI=1S/C18H27N5O4/c1-3-20-17(25)14-8-13(22-16(24)9-21-18(19)26)11-23(14)10-12-6-4-5-7-15(12)27-2/h4-7,13-14H,3,8-11H2,1-2H3,(H,20,25)(H,22,24)(H3,19,21,26)/t13-,14-/m0/s1. The number of nitrogens with two attached hydrogens (primary N) is 1. The molecular weight excluding hydrogens is 350 g/mol. The number of nitrogens with zero attached hydrogens (tertiary/aromatic N) is 1. The van der Waals surface area contributed by atoms with Gasteiger partial charge in [-0.05, 0) is 19.4 Å². The van der Waals surface area contributed by atoms with Crippen LogP contribution in [0.2, 0.25) is 0 Å². The van der Waals surface area contributed by atoms with E-state index < -0.39 is 6.03 Å². The van der Waals surface area contributed by atoms with Gasteiger partial charge in [-0.3, -0.25) is 14.5 Å². The van der Waals surface area contributed by atoms with Crippen LogP contribution >= 0.6 is 0 Å². The first kappa shape index (κ1) is 20.5. The molecule has 2 atom stereocenters. The van der Waals surface area contributed by atoms with E-state index in [1.807, 2.05) is 36.1 Å². The topological polar surface area (TPSA) is 126 Å². The lowest BCUT2D eigenvalue weighted by molar-refractivity contribution is -0.125. The molecule has 27 heavy (non-hydrogen) atoms. The van der Waals surface area contributed by atoms with Crippen molar-refractivity contribution in [3.8, 4) is 5.75 Å². The van der Waals surface area contributed by atoms with Crippen LogP contribution < -0.4 is 26.4 Å². The SMILES string of the molecule is CCNC(=O)[C@@H]1C[C@H](NC(=O)CNC(N)=O)CN1Cc1ccccc1OC. The van der Waals surface area contributed by atoms with E-state index in [-0.39, 0.29) is 30.4 Å². The first-order valence-electron chi connectivity index (χ1n) is 8.90. The van der Waals surface area contributed by atoms with Gasteiger partial charge >= 0.3 is 6.03 Å². The Kier molecular flexibility index (Phi) is 7.42. The van der Waals surface area contributed by atoms with Gasteiger partial charge in [0.15, 0.2) is 0 Å². The van der Waals surface area contributed by atoms with Gasteiger partial charge in [0.1, 0.15) is 5.75 Å². The highest BCUT2D eigenvalue weighted by molar-refractivity contribution is 5.84. The lowest BCUT2D eigenvalue weighted by Crippen LogP contribution is -2.44. The van der Waals surface area contributed by atoms with Crippen LogP contribution in [-0.2, 0) is 16.1 Å². The largest absolute Gasteiger partial charge is 0.496 e. The molecule has 5 N–H and O–H groups in total. The zero-order chi connectivity index (χ0) is 19.8. The van der Waals surface area contributed by atoms with Crippen molar-refractivity contribution in [3.05, 3.63) is 29.8 Å². The Balaban J connectivity index is 2.07. The second-order valence-electron chi connectivity index (χ2n) is 6.37. The minimum Gasteiger partial charge on any atom is -0.496 e. The number of likely N-dealkylation sites (N-methyl/N-ethyl adjacent to an activating group) is 1. The first-order valence-corrected chi connectivity index (χ1v) is 8.90. The van der Waals surface area contributed by atoms with Gasteiger partial charge in [0.05, 0.1) is 19.7 Å². The molecule has 0 aliphatic carbocycles. The molecule has 4 amide bonds. The van der Waals surface area contributed by atoms with Crippen LogP contribution in [0.25, 0.3) is 0 Å². The van der Waals surface area contributed by atoms with Crippen molar-refractivity contribution in [1.82, 2.24) is 20.9 Å². The number of ether oxygens (including phenoxy) is 1. The van der Waals surface area contributed by atoms with Crippen LogP contribution in [0.15, 0.2) is 24.3 Å². The molecule has 1 aliphatic rings. The minimum absolute atomic E-state index is 0.0700. The number of benzene rings is 1. The van der Waals surface area contributed by atoms with Crippen molar-refractivity contribution in [2.45, 2.75) is 32.0 Å². The number of primary amides is 1. The maximum absolute atomic E-state index is 12.5. The van der Waals surface area contributed by atoms with Crippen molar-refractivity contribution in [2.24, 2.45) is 5.73 Å². The van der Waals surface area contributed by atoms with Crippen molar-refractivity contribution in [3.63, 3.8) is 0 Å². The molecule has 1 saturated heterocycles. The van der Waals surface area contributed by atoms with Gasteiger partial charge < -0.3 is 26.4 Å². The molecule has 0 spiro atoms. The third-order valence-electron chi connectivity index (χ3n) is 4.41. The third-order valence-corrected chi connectivity index (χ3v) is 4.41. The van der Waals surface area contributed by atoms with E-state index in [2.05, 4.69) is 16.0 Å². The molecule has 148 valence electrons. The molecular formula is C18H27N5O4. The number of nitrogens with one attached hydrogen (secondary N) is 3. The second-order valence-corrected chi connectivity index (χ2v) is 6.37. The molecule has 0 unspecified atom stereocenters. The van der Waals surface area contributed by atoms with Gasteiger partial charge in [-0.1, -0.05) is 18.2 Å². The molecule has 1 aromatic carbocycles. The number of likely N-dealkylation sites (tertiary alicyclic amines) is 1. The number of carbonyl (C=O) groups is 3. The summed E-state index contributed by atoms with van der Waals surface area (Å²) in [4.78, 5) is 37.2. The van der Waals surface area contributed by atoms with E-state index in [0.717, 1.165) is 11.3 Å². The van der Waals surface area contributed by atoms with Gasteiger partial charge in [0.25, 0.3) is 0 Å². The van der Waals surface area contributed by atoms with Crippen molar-refractivity contribution in [2.75, 3.05) is 26.7 Å². The lowest BCUT2D eigenvalue weighted by Gasteiger charge is -2.24. The molecule has 0 aromatic heterocycles. The average molecular weight is 377 g/mol. The summed E-state index contributed by atoms with van der Waals surface area (Å²) in [5, 5.41) is 7.95. The van der Waals surface area contributed by atoms with E-state index in [1.165, 1.54) is 0 Å². The van der Waals surface area contributed by atoms with Crippen LogP contribution in [0.1, 0.15) is 18.9 Å². The van der Waals surface area contributed by atoms with E-state index in [4.69, 9.17) is 10.5 Å².